The average molecular weight is 341 g/mol. The molecule has 25 heavy (non-hydrogen) atoms. The van der Waals surface area contributed by atoms with Crippen molar-refractivity contribution in [1.29, 1.82) is 0 Å². The van der Waals surface area contributed by atoms with Crippen LogP contribution in [0.5, 0.6) is 5.75 Å². The molecule has 0 bridgehead atoms. The molecular weight excluding hydrogens is 314 g/mol. The second-order valence-electron chi connectivity index (χ2n) is 7.02. The van der Waals surface area contributed by atoms with Crippen LogP contribution >= 0.6 is 0 Å². The highest BCUT2D eigenvalue weighted by atomic mass is 16.5. The number of carbonyl (C=O) groups is 1. The molecule has 0 aliphatic rings. The summed E-state index contributed by atoms with van der Waals surface area (Å²) in [6, 6.07) is 15.3. The Hall–Kier alpha value is -2.33. The molecule has 2 aromatic rings. The van der Waals surface area contributed by atoms with E-state index < -0.39 is 5.60 Å². The van der Waals surface area contributed by atoms with Gasteiger partial charge >= 0.3 is 0 Å². The summed E-state index contributed by atoms with van der Waals surface area (Å²) >= 11 is 0. The number of rotatable bonds is 7. The Morgan fingerprint density at radius 2 is 1.60 bits per heavy atom. The molecule has 0 aromatic heterocycles. The topological polar surface area (TPSA) is 49.8 Å². The van der Waals surface area contributed by atoms with Crippen LogP contribution in [0.2, 0.25) is 0 Å². The number of aliphatic hydroxyl groups is 1. The van der Waals surface area contributed by atoms with Gasteiger partial charge in [-0.05, 0) is 62.1 Å². The normalized spacial score (nSPS) is 11.2. The monoisotopic (exact) mass is 341 g/mol. The standard InChI is InChI=1S/C21H27NO3/c1-21(2,24)14-13-16-5-9-18(10-6-16)20(23)22(3)15-17-7-11-19(25-4)12-8-17/h5-12,24H,13-15H2,1-4H3. The van der Waals surface area contributed by atoms with E-state index in [1.807, 2.05) is 48.5 Å². The van der Waals surface area contributed by atoms with Crippen molar-refractivity contribution in [1.82, 2.24) is 4.90 Å². The molecular formula is C21H27NO3. The van der Waals surface area contributed by atoms with Crippen molar-refractivity contribution >= 4 is 5.91 Å². The van der Waals surface area contributed by atoms with Crippen molar-refractivity contribution < 1.29 is 14.6 Å². The smallest absolute Gasteiger partial charge is 0.253 e. The third-order valence-electron chi connectivity index (χ3n) is 4.15. The quantitative estimate of drug-likeness (QED) is 0.836. The molecule has 0 aliphatic carbocycles. The van der Waals surface area contributed by atoms with Crippen LogP contribution in [-0.2, 0) is 13.0 Å². The van der Waals surface area contributed by atoms with E-state index >= 15 is 0 Å². The lowest BCUT2D eigenvalue weighted by atomic mass is 9.98. The van der Waals surface area contributed by atoms with Gasteiger partial charge in [-0.1, -0.05) is 24.3 Å². The molecule has 0 saturated heterocycles. The molecule has 1 N–H and O–H groups in total. The number of benzene rings is 2. The maximum absolute atomic E-state index is 12.6. The maximum atomic E-state index is 12.6. The molecule has 0 aliphatic heterocycles. The summed E-state index contributed by atoms with van der Waals surface area (Å²) in [5, 5.41) is 9.80. The van der Waals surface area contributed by atoms with Gasteiger partial charge in [0.25, 0.3) is 5.91 Å². The molecule has 0 atom stereocenters. The van der Waals surface area contributed by atoms with Gasteiger partial charge in [0.15, 0.2) is 0 Å². The Morgan fingerprint density at radius 3 is 2.12 bits per heavy atom. The predicted molar refractivity (Wildman–Crippen MR) is 99.9 cm³/mol. The van der Waals surface area contributed by atoms with E-state index in [9.17, 15) is 9.90 Å². The van der Waals surface area contributed by atoms with Gasteiger partial charge in [0.05, 0.1) is 12.7 Å². The molecule has 0 saturated carbocycles. The largest absolute Gasteiger partial charge is 0.497 e. The lowest BCUT2D eigenvalue weighted by Gasteiger charge is -2.18. The lowest BCUT2D eigenvalue weighted by Crippen LogP contribution is -2.26. The summed E-state index contributed by atoms with van der Waals surface area (Å²) < 4.78 is 5.15. The van der Waals surface area contributed by atoms with E-state index in [1.165, 1.54) is 0 Å². The summed E-state index contributed by atoms with van der Waals surface area (Å²) in [5.74, 6) is 0.796. The molecule has 1 amide bonds. The maximum Gasteiger partial charge on any atom is 0.253 e. The first-order valence-electron chi connectivity index (χ1n) is 8.48. The van der Waals surface area contributed by atoms with Crippen molar-refractivity contribution in [2.45, 2.75) is 38.8 Å². The Bertz CT molecular complexity index is 685. The van der Waals surface area contributed by atoms with Gasteiger partial charge in [-0.2, -0.15) is 0 Å². The van der Waals surface area contributed by atoms with Crippen molar-refractivity contribution in [2.75, 3.05) is 14.2 Å². The van der Waals surface area contributed by atoms with Crippen molar-refractivity contribution in [2.24, 2.45) is 0 Å². The van der Waals surface area contributed by atoms with Gasteiger partial charge in [-0.25, -0.2) is 0 Å². The molecule has 2 rings (SSSR count). The molecule has 0 heterocycles. The first-order valence-corrected chi connectivity index (χ1v) is 8.48. The zero-order chi connectivity index (χ0) is 18.4. The Labute approximate surface area is 150 Å². The van der Waals surface area contributed by atoms with Gasteiger partial charge in [-0.15, -0.1) is 0 Å². The molecule has 2 aromatic carbocycles. The number of hydrogen-bond acceptors (Lipinski definition) is 3. The zero-order valence-corrected chi connectivity index (χ0v) is 15.5. The highest BCUT2D eigenvalue weighted by Gasteiger charge is 2.14. The number of ether oxygens (including phenoxy) is 1. The number of carbonyl (C=O) groups excluding carboxylic acids is 1. The van der Waals surface area contributed by atoms with Gasteiger partial charge in [-0.3, -0.25) is 4.79 Å². The highest BCUT2D eigenvalue weighted by Crippen LogP contribution is 2.16. The lowest BCUT2D eigenvalue weighted by molar-refractivity contribution is 0.0713. The predicted octanol–water partition coefficient (Wildman–Crippen LogP) is 3.67. The van der Waals surface area contributed by atoms with Crippen LogP contribution in [0.3, 0.4) is 0 Å². The number of nitrogens with zero attached hydrogens (tertiary/aromatic N) is 1. The van der Waals surface area contributed by atoms with Crippen LogP contribution in [0.25, 0.3) is 0 Å². The van der Waals surface area contributed by atoms with E-state index in [0.29, 0.717) is 18.5 Å². The fourth-order valence-electron chi connectivity index (χ4n) is 2.56. The molecule has 4 heteroatoms. The summed E-state index contributed by atoms with van der Waals surface area (Å²) in [7, 11) is 3.44. The number of amides is 1. The fourth-order valence-corrected chi connectivity index (χ4v) is 2.56. The summed E-state index contributed by atoms with van der Waals surface area (Å²) in [6.45, 7) is 4.15. The van der Waals surface area contributed by atoms with E-state index in [2.05, 4.69) is 0 Å². The van der Waals surface area contributed by atoms with Gasteiger partial charge in [0.1, 0.15) is 5.75 Å². The van der Waals surface area contributed by atoms with E-state index in [1.54, 1.807) is 32.9 Å². The Balaban J connectivity index is 1.96. The molecule has 0 fully saturated rings. The van der Waals surface area contributed by atoms with Crippen LogP contribution < -0.4 is 4.74 Å². The van der Waals surface area contributed by atoms with Gasteiger partial charge < -0.3 is 14.7 Å². The molecule has 134 valence electrons. The van der Waals surface area contributed by atoms with Crippen LogP contribution in [0.4, 0.5) is 0 Å². The Kier molecular flexibility index (Phi) is 6.21. The number of methoxy groups -OCH3 is 1. The summed E-state index contributed by atoms with van der Waals surface area (Å²) in [5.41, 5.74) is 2.17. The average Bonchev–Trinajstić information content (AvgIpc) is 2.60. The minimum absolute atomic E-state index is 0.00939. The first kappa shape index (κ1) is 19.0. The molecule has 0 spiro atoms. The summed E-state index contributed by atoms with van der Waals surface area (Å²) in [6.07, 6.45) is 1.48. The van der Waals surface area contributed by atoms with Crippen molar-refractivity contribution in [3.63, 3.8) is 0 Å². The summed E-state index contributed by atoms with van der Waals surface area (Å²) in [4.78, 5) is 14.3. The minimum Gasteiger partial charge on any atom is -0.497 e. The second kappa shape index (κ2) is 8.17. The first-order chi connectivity index (χ1) is 11.8. The van der Waals surface area contributed by atoms with Crippen LogP contribution in [0.1, 0.15) is 41.8 Å². The van der Waals surface area contributed by atoms with E-state index in [-0.39, 0.29) is 5.91 Å². The zero-order valence-electron chi connectivity index (χ0n) is 15.5. The van der Waals surface area contributed by atoms with E-state index in [4.69, 9.17) is 4.74 Å². The number of hydrogen-bond donors (Lipinski definition) is 1. The molecule has 0 radical (unpaired) electrons. The fraction of sp³-hybridized carbons (Fsp3) is 0.381. The second-order valence-corrected chi connectivity index (χ2v) is 7.02. The van der Waals surface area contributed by atoms with Gasteiger partial charge in [0.2, 0.25) is 0 Å². The van der Waals surface area contributed by atoms with Crippen LogP contribution in [0.15, 0.2) is 48.5 Å². The minimum atomic E-state index is -0.674. The van der Waals surface area contributed by atoms with Crippen molar-refractivity contribution in [3.05, 3.63) is 65.2 Å². The molecule has 0 unspecified atom stereocenters. The Morgan fingerprint density at radius 1 is 1.04 bits per heavy atom. The third-order valence-corrected chi connectivity index (χ3v) is 4.15. The van der Waals surface area contributed by atoms with Gasteiger partial charge in [0, 0.05) is 19.2 Å². The highest BCUT2D eigenvalue weighted by molar-refractivity contribution is 5.94. The number of aryl methyl sites for hydroxylation is 1. The third kappa shape index (κ3) is 5.91. The SMILES string of the molecule is COc1ccc(CN(C)C(=O)c2ccc(CCC(C)(C)O)cc2)cc1. The van der Waals surface area contributed by atoms with E-state index in [0.717, 1.165) is 23.3 Å². The van der Waals surface area contributed by atoms with Crippen LogP contribution in [0, 0.1) is 0 Å². The molecule has 4 nitrogen and oxygen atoms in total. The van der Waals surface area contributed by atoms with Crippen LogP contribution in [-0.4, -0.2) is 35.7 Å². The van der Waals surface area contributed by atoms with Crippen molar-refractivity contribution in [3.8, 4) is 5.75 Å².